The molecule has 23 aromatic carbocycles. The van der Waals surface area contributed by atoms with Crippen molar-refractivity contribution in [3.05, 3.63) is 503 Å². The van der Waals surface area contributed by atoms with Gasteiger partial charge in [-0.3, -0.25) is 13.7 Å². The molecular formula is C135H95N6O3P3. The van der Waals surface area contributed by atoms with Crippen LogP contribution >= 0.6 is 21.4 Å². The van der Waals surface area contributed by atoms with Crippen LogP contribution in [0.15, 0.2) is 485 Å². The third-order valence-electron chi connectivity index (χ3n) is 30.4. The molecular weight excluding hydrogens is 1850 g/mol. The summed E-state index contributed by atoms with van der Waals surface area (Å²) in [6.45, 7) is 6.40. The summed E-state index contributed by atoms with van der Waals surface area (Å²) in [5.74, 6) is 2.94. The summed E-state index contributed by atoms with van der Waals surface area (Å²) >= 11 is 0. The third-order valence-corrected chi connectivity index (χ3v) is 39.8. The van der Waals surface area contributed by atoms with Crippen LogP contribution in [0.5, 0.6) is 0 Å². The molecule has 3 aliphatic rings. The largest absolute Gasteiger partial charge is 0.308 e. The van der Waals surface area contributed by atoms with E-state index in [1.165, 1.54) is 109 Å². The van der Waals surface area contributed by atoms with Crippen LogP contribution in [0.3, 0.4) is 0 Å². The first-order valence-electron chi connectivity index (χ1n) is 50.6. The van der Waals surface area contributed by atoms with Gasteiger partial charge in [0.25, 0.3) is 0 Å². The van der Waals surface area contributed by atoms with Crippen LogP contribution in [-0.2, 0) is 33.0 Å². The maximum absolute atomic E-state index is 15.7. The number of fused-ring (bicyclic) bond motifs is 12. The molecule has 0 bridgehead atoms. The molecule has 0 N–H and O–H groups in total. The standard InChI is InChI=1S/C61H41N2OP.2C37H27N2OP/c1-2-58-62-54-21-12-22-57-61(54)63(58)55-38-46(32-34-56(55)65(57,64)49-17-4-3-5-18-49)42-25-23-41(24-26-42)45-31-33-52-53(37-45)60(48-30-28-40-14-7-9-16-44(40)36-48)51-20-11-10-19-50(51)59(52)47-29-27-39-13-6-8-15-43(39)35-47;1-2-36-38-32-14-9-15-35-37(32)39(36)33-24-30(20-21-34(33)41(35,40)31-12-7-4-8-13-31)29-19-18-27-22-26(16-17-28(27)23-29)25-10-5-3-6-11-25;1-2-36-38-32-13-8-14-35-37(32)39(36)33-24-30(21-22-34(33)41(35,40)31-11-4-3-5-12-31)27-17-15-26(16-18-27)29-20-19-25-9-6-7-10-28(25)23-29/h3-38H,2H2,1H3;2*3-24H,2H2,1H3. The van der Waals surface area contributed by atoms with Gasteiger partial charge in [-0.1, -0.05) is 397 Å². The van der Waals surface area contributed by atoms with E-state index in [1.807, 2.05) is 152 Å². The Balaban J connectivity index is 0.000000114. The van der Waals surface area contributed by atoms with Crippen molar-refractivity contribution in [1.29, 1.82) is 0 Å². The second-order valence-electron chi connectivity index (χ2n) is 38.6. The van der Waals surface area contributed by atoms with E-state index in [9.17, 15) is 0 Å². The Morgan fingerprint density at radius 3 is 0.776 bits per heavy atom. The number of hydrogen-bond acceptors (Lipinski definition) is 6. The monoisotopic (exact) mass is 1940 g/mol. The van der Waals surface area contributed by atoms with Crippen LogP contribution in [0.2, 0.25) is 0 Å². The number of para-hydroxylation sites is 3. The molecule has 3 aliphatic heterocycles. The molecule has 3 aromatic heterocycles. The summed E-state index contributed by atoms with van der Waals surface area (Å²) in [6.07, 6.45) is 2.33. The van der Waals surface area contributed by atoms with Crippen molar-refractivity contribution in [2.24, 2.45) is 0 Å². The SMILES string of the molecule is CCc1nc2cccc3c2n1-c1cc(-c2ccc(-c4ccc5c(-c6ccc7ccccc7c6)c6ccccc6c(-c6ccc7ccccc7c6)c5c4)cc2)ccc1P3(=O)c1ccccc1.CCc1nc2cccc3c2n1-c1cc(-c2ccc(-c4ccc5ccccc5c4)cc2)ccc1P3(=O)c1ccccc1.CCc1nc2cccc3c2n1-c1cc(-c2ccc4cc(-c5ccccc5)ccc4c2)ccc1P3(=O)c1ccccc1. The Hall–Kier alpha value is -17.3. The summed E-state index contributed by atoms with van der Waals surface area (Å²) in [4.78, 5) is 15.0. The molecule has 0 saturated heterocycles. The van der Waals surface area contributed by atoms with Crippen molar-refractivity contribution in [2.75, 3.05) is 0 Å². The van der Waals surface area contributed by atoms with E-state index in [4.69, 9.17) is 15.0 Å². The molecule has 0 amide bonds. The van der Waals surface area contributed by atoms with E-state index in [2.05, 4.69) is 368 Å². The number of aryl methyl sites for hydroxylation is 3. The first kappa shape index (κ1) is 88.6. The van der Waals surface area contributed by atoms with E-state index in [1.54, 1.807) is 0 Å². The molecule has 12 heteroatoms. The predicted molar refractivity (Wildman–Crippen MR) is 619 cm³/mol. The average Bonchev–Trinajstić information content (AvgIpc) is 1.59. The van der Waals surface area contributed by atoms with Gasteiger partial charge in [-0.05, 0) is 263 Å². The van der Waals surface area contributed by atoms with Crippen molar-refractivity contribution in [1.82, 2.24) is 28.7 Å². The predicted octanol–water partition coefficient (Wildman–Crippen LogP) is 30.9. The lowest BCUT2D eigenvalue weighted by Gasteiger charge is -2.29. The van der Waals surface area contributed by atoms with Crippen molar-refractivity contribution in [2.45, 2.75) is 40.0 Å². The van der Waals surface area contributed by atoms with Gasteiger partial charge in [0.1, 0.15) is 17.5 Å². The van der Waals surface area contributed by atoms with Gasteiger partial charge in [0.15, 0.2) is 21.4 Å². The minimum Gasteiger partial charge on any atom is -0.308 e. The number of hydrogen-bond donors (Lipinski definition) is 0. The lowest BCUT2D eigenvalue weighted by atomic mass is 9.84. The first-order valence-corrected chi connectivity index (χ1v) is 55.7. The summed E-state index contributed by atoms with van der Waals surface area (Å²) < 4.78 is 53.0. The van der Waals surface area contributed by atoms with Crippen LogP contribution in [0.1, 0.15) is 38.2 Å². The van der Waals surface area contributed by atoms with Gasteiger partial charge in [0, 0.05) is 67.0 Å². The highest BCUT2D eigenvalue weighted by Gasteiger charge is 2.44. The number of aromatic nitrogens is 6. The first-order chi connectivity index (χ1) is 72.3. The fourth-order valence-corrected chi connectivity index (χ4v) is 32.3. The highest BCUT2D eigenvalue weighted by Crippen LogP contribution is 2.55. The van der Waals surface area contributed by atoms with Crippen molar-refractivity contribution in [3.8, 4) is 106 Å². The van der Waals surface area contributed by atoms with Gasteiger partial charge in [-0.2, -0.15) is 0 Å². The zero-order valence-corrected chi connectivity index (χ0v) is 83.7. The van der Waals surface area contributed by atoms with Crippen LogP contribution in [-0.4, -0.2) is 28.7 Å². The van der Waals surface area contributed by atoms with Crippen LogP contribution < -0.4 is 47.7 Å². The zero-order chi connectivity index (χ0) is 98.3. The quantitative estimate of drug-likeness (QED) is 0.0793. The number of rotatable bonds is 14. The molecule has 0 aliphatic carbocycles. The van der Waals surface area contributed by atoms with Crippen molar-refractivity contribution in [3.63, 3.8) is 0 Å². The Bertz CT molecular complexity index is 10100. The Labute approximate surface area is 851 Å². The van der Waals surface area contributed by atoms with E-state index >= 15 is 13.7 Å². The highest BCUT2D eigenvalue weighted by molar-refractivity contribution is 7.87. The molecule has 9 nitrogen and oxygen atoms in total. The number of benzene rings is 23. The molecule has 0 fully saturated rings. The van der Waals surface area contributed by atoms with Gasteiger partial charge in [-0.15, -0.1) is 0 Å². The highest BCUT2D eigenvalue weighted by atomic mass is 31.2. The minimum absolute atomic E-state index is 0.760. The molecule has 147 heavy (non-hydrogen) atoms. The lowest BCUT2D eigenvalue weighted by Crippen LogP contribution is -2.33. The van der Waals surface area contributed by atoms with Gasteiger partial charge in [0.2, 0.25) is 0 Å². The second-order valence-corrected chi connectivity index (χ2v) is 46.7. The molecule has 3 atom stereocenters. The molecule has 0 spiro atoms. The maximum atomic E-state index is 15.7. The lowest BCUT2D eigenvalue weighted by molar-refractivity contribution is 0.591. The van der Waals surface area contributed by atoms with Gasteiger partial charge in [0.05, 0.1) is 50.2 Å². The summed E-state index contributed by atoms with van der Waals surface area (Å²) in [7, 11) is -9.40. The maximum Gasteiger partial charge on any atom is 0.175 e. The smallest absolute Gasteiger partial charge is 0.175 e. The molecule has 6 heterocycles. The number of imidazole rings is 3. The van der Waals surface area contributed by atoms with Crippen molar-refractivity contribution < 1.29 is 13.7 Å². The minimum atomic E-state index is -3.19. The molecule has 0 saturated carbocycles. The van der Waals surface area contributed by atoms with E-state index < -0.39 is 21.4 Å². The van der Waals surface area contributed by atoms with Gasteiger partial charge >= 0.3 is 0 Å². The molecule has 0 radical (unpaired) electrons. The van der Waals surface area contributed by atoms with E-state index in [-0.39, 0.29) is 0 Å². The summed E-state index contributed by atoms with van der Waals surface area (Å²) in [5, 5.41) is 22.5. The second kappa shape index (κ2) is 35.6. The normalized spacial score (nSPS) is 15.1. The summed E-state index contributed by atoms with van der Waals surface area (Å²) in [5.41, 5.74) is 27.1. The van der Waals surface area contributed by atoms with E-state index in [0.29, 0.717) is 0 Å². The molecule has 26 aromatic rings. The average molecular weight is 1940 g/mol. The Morgan fingerprint density at radius 1 is 0.184 bits per heavy atom. The molecule has 3 unspecified atom stereocenters. The third kappa shape index (κ3) is 14.5. The molecule has 29 rings (SSSR count). The number of nitrogens with zero attached hydrogens (tertiary/aromatic N) is 6. The molecule has 698 valence electrons. The topological polar surface area (TPSA) is 105 Å². The van der Waals surface area contributed by atoms with Gasteiger partial charge < -0.3 is 13.7 Å². The fourth-order valence-electron chi connectivity index (χ4n) is 23.3. The summed E-state index contributed by atoms with van der Waals surface area (Å²) in [6, 6.07) is 171. The zero-order valence-electron chi connectivity index (χ0n) is 81.1. The Kier molecular flexibility index (Phi) is 21.5. The van der Waals surface area contributed by atoms with E-state index in [0.717, 1.165) is 179 Å². The van der Waals surface area contributed by atoms with Gasteiger partial charge in [-0.25, -0.2) is 15.0 Å². The van der Waals surface area contributed by atoms with Crippen LogP contribution in [0, 0.1) is 0 Å². The fraction of sp³-hybridized carbons (Fsp3) is 0.0444. The Morgan fingerprint density at radius 2 is 0.422 bits per heavy atom. The van der Waals surface area contributed by atoms with Crippen LogP contribution in [0.4, 0.5) is 0 Å². The van der Waals surface area contributed by atoms with Crippen molar-refractivity contribution >= 4 is 167 Å². The van der Waals surface area contributed by atoms with Crippen LogP contribution in [0.25, 0.3) is 204 Å².